The number of hydrogen-bond donors (Lipinski definition) is 0. The number of carbonyl (C=O) groups excluding carboxylic acids is 1. The molecule has 0 radical (unpaired) electrons. The van der Waals surface area contributed by atoms with Crippen LogP contribution in [0.25, 0.3) is 0 Å². The van der Waals surface area contributed by atoms with Crippen LogP contribution in [0.3, 0.4) is 0 Å². The summed E-state index contributed by atoms with van der Waals surface area (Å²) in [7, 11) is -0.304. The van der Waals surface area contributed by atoms with E-state index in [4.69, 9.17) is 14.0 Å². The summed E-state index contributed by atoms with van der Waals surface area (Å²) in [5.41, 5.74) is -0.692. The molecule has 1 saturated heterocycles. The standard InChI is InChI=1S/C15H27BO4/c1-8-18-13(17)11-10(9(2)3)12(11)16-19-14(4,5)15(6,7)20-16/h9-12H,8H2,1-7H3. The van der Waals surface area contributed by atoms with Gasteiger partial charge >= 0.3 is 13.1 Å². The van der Waals surface area contributed by atoms with Gasteiger partial charge in [-0.05, 0) is 46.5 Å². The van der Waals surface area contributed by atoms with E-state index in [0.29, 0.717) is 18.4 Å². The predicted molar refractivity (Wildman–Crippen MR) is 78.3 cm³/mol. The molecule has 1 aliphatic heterocycles. The van der Waals surface area contributed by atoms with E-state index >= 15 is 0 Å². The van der Waals surface area contributed by atoms with Gasteiger partial charge in [0.2, 0.25) is 0 Å². The maximum Gasteiger partial charge on any atom is 0.462 e. The van der Waals surface area contributed by atoms with Crippen molar-refractivity contribution in [2.24, 2.45) is 17.8 Å². The largest absolute Gasteiger partial charge is 0.466 e. The number of carbonyl (C=O) groups is 1. The molecule has 20 heavy (non-hydrogen) atoms. The van der Waals surface area contributed by atoms with Crippen molar-refractivity contribution in [1.29, 1.82) is 0 Å². The molecule has 0 spiro atoms. The molecule has 0 aromatic carbocycles. The first-order chi connectivity index (χ1) is 9.12. The Balaban J connectivity index is 2.11. The first kappa shape index (κ1) is 15.8. The van der Waals surface area contributed by atoms with Crippen LogP contribution in [0.1, 0.15) is 48.5 Å². The van der Waals surface area contributed by atoms with Crippen molar-refractivity contribution in [3.8, 4) is 0 Å². The molecule has 3 unspecified atom stereocenters. The third-order valence-corrected chi connectivity index (χ3v) is 5.05. The Hall–Kier alpha value is -0.545. The van der Waals surface area contributed by atoms with Crippen LogP contribution in [0.4, 0.5) is 0 Å². The summed E-state index contributed by atoms with van der Waals surface area (Å²) in [6.07, 6.45) is 0. The Morgan fingerprint density at radius 2 is 1.70 bits per heavy atom. The zero-order chi connectivity index (χ0) is 15.3. The Labute approximate surface area is 122 Å². The van der Waals surface area contributed by atoms with Gasteiger partial charge in [-0.25, -0.2) is 0 Å². The molecule has 0 amide bonds. The molecule has 0 bridgehead atoms. The lowest BCUT2D eigenvalue weighted by atomic mass is 9.78. The lowest BCUT2D eigenvalue weighted by molar-refractivity contribution is -0.145. The second-order valence-corrected chi connectivity index (χ2v) is 7.30. The number of rotatable bonds is 4. The third-order valence-electron chi connectivity index (χ3n) is 5.05. The van der Waals surface area contributed by atoms with Crippen molar-refractivity contribution in [2.45, 2.75) is 65.5 Å². The van der Waals surface area contributed by atoms with E-state index < -0.39 is 0 Å². The Kier molecular flexibility index (Phi) is 3.98. The van der Waals surface area contributed by atoms with Crippen molar-refractivity contribution in [1.82, 2.24) is 0 Å². The molecule has 1 aliphatic carbocycles. The van der Waals surface area contributed by atoms with E-state index in [1.54, 1.807) is 0 Å². The molecule has 114 valence electrons. The number of ether oxygens (including phenoxy) is 1. The third kappa shape index (κ3) is 2.50. The molecule has 1 heterocycles. The van der Waals surface area contributed by atoms with Crippen LogP contribution in [-0.2, 0) is 18.8 Å². The van der Waals surface area contributed by atoms with E-state index in [1.807, 2.05) is 34.6 Å². The number of esters is 1. The van der Waals surface area contributed by atoms with Crippen LogP contribution >= 0.6 is 0 Å². The van der Waals surface area contributed by atoms with E-state index in [0.717, 1.165) is 0 Å². The lowest BCUT2D eigenvalue weighted by Gasteiger charge is -2.32. The fraction of sp³-hybridized carbons (Fsp3) is 0.933. The van der Waals surface area contributed by atoms with E-state index in [-0.39, 0.29) is 36.0 Å². The van der Waals surface area contributed by atoms with Gasteiger partial charge in [-0.15, -0.1) is 0 Å². The minimum atomic E-state index is -0.346. The molecule has 2 rings (SSSR count). The number of hydrogen-bond acceptors (Lipinski definition) is 4. The van der Waals surface area contributed by atoms with Gasteiger partial charge in [0.05, 0.1) is 23.7 Å². The summed E-state index contributed by atoms with van der Waals surface area (Å²) in [6, 6.07) is 0. The Bertz CT molecular complexity index is 375. The van der Waals surface area contributed by atoms with Gasteiger partial charge in [0.25, 0.3) is 0 Å². The Morgan fingerprint density at radius 3 is 2.10 bits per heavy atom. The van der Waals surface area contributed by atoms with Crippen molar-refractivity contribution in [3.63, 3.8) is 0 Å². The molecule has 1 saturated carbocycles. The van der Waals surface area contributed by atoms with Crippen LogP contribution in [0.5, 0.6) is 0 Å². The highest BCUT2D eigenvalue weighted by Gasteiger charge is 2.68. The highest BCUT2D eigenvalue weighted by atomic mass is 16.7. The molecular formula is C15H27BO4. The van der Waals surface area contributed by atoms with Gasteiger partial charge in [-0.1, -0.05) is 13.8 Å². The molecule has 4 nitrogen and oxygen atoms in total. The summed E-state index contributed by atoms with van der Waals surface area (Å²) >= 11 is 0. The lowest BCUT2D eigenvalue weighted by Crippen LogP contribution is -2.41. The maximum absolute atomic E-state index is 12.1. The Morgan fingerprint density at radius 1 is 1.20 bits per heavy atom. The fourth-order valence-electron chi connectivity index (χ4n) is 3.17. The highest BCUT2D eigenvalue weighted by Crippen LogP contribution is 2.61. The quantitative estimate of drug-likeness (QED) is 0.587. The molecule has 0 aromatic heterocycles. The van der Waals surface area contributed by atoms with Gasteiger partial charge in [-0.2, -0.15) is 0 Å². The van der Waals surface area contributed by atoms with Crippen LogP contribution < -0.4 is 0 Å². The van der Waals surface area contributed by atoms with Gasteiger partial charge < -0.3 is 14.0 Å². The van der Waals surface area contributed by atoms with Gasteiger partial charge in [0.15, 0.2) is 0 Å². The molecule has 0 aromatic rings. The molecule has 3 atom stereocenters. The SMILES string of the molecule is CCOC(=O)C1C(B2OC(C)(C)C(C)(C)O2)C1C(C)C. The van der Waals surface area contributed by atoms with Crippen molar-refractivity contribution in [2.75, 3.05) is 6.61 Å². The van der Waals surface area contributed by atoms with Crippen molar-refractivity contribution in [3.05, 3.63) is 0 Å². The van der Waals surface area contributed by atoms with Crippen molar-refractivity contribution >= 4 is 13.1 Å². The topological polar surface area (TPSA) is 44.8 Å². The zero-order valence-electron chi connectivity index (χ0n) is 13.7. The smallest absolute Gasteiger partial charge is 0.462 e. The second-order valence-electron chi connectivity index (χ2n) is 7.30. The summed E-state index contributed by atoms with van der Waals surface area (Å²) < 4.78 is 17.4. The first-order valence-electron chi connectivity index (χ1n) is 7.64. The summed E-state index contributed by atoms with van der Waals surface area (Å²) in [5.74, 6) is 0.655. The summed E-state index contributed by atoms with van der Waals surface area (Å²) in [4.78, 5) is 12.1. The molecule has 0 N–H and O–H groups in total. The minimum Gasteiger partial charge on any atom is -0.466 e. The van der Waals surface area contributed by atoms with Gasteiger partial charge in [0.1, 0.15) is 0 Å². The molecule has 2 fully saturated rings. The first-order valence-corrected chi connectivity index (χ1v) is 7.64. The normalized spacial score (nSPS) is 34.4. The average Bonchev–Trinajstić information content (AvgIpc) is 2.97. The van der Waals surface area contributed by atoms with Crippen LogP contribution in [0.15, 0.2) is 0 Å². The monoisotopic (exact) mass is 282 g/mol. The minimum absolute atomic E-state index is 0.0790. The van der Waals surface area contributed by atoms with Gasteiger partial charge in [-0.3, -0.25) is 4.79 Å². The second kappa shape index (κ2) is 5.02. The summed E-state index contributed by atoms with van der Waals surface area (Å²) in [5, 5.41) is 0. The molecule has 2 aliphatic rings. The predicted octanol–water partition coefficient (Wildman–Crippen LogP) is 2.91. The van der Waals surface area contributed by atoms with Crippen molar-refractivity contribution < 1.29 is 18.8 Å². The zero-order valence-corrected chi connectivity index (χ0v) is 13.7. The highest BCUT2D eigenvalue weighted by molar-refractivity contribution is 6.49. The van der Waals surface area contributed by atoms with Crippen LogP contribution in [0, 0.1) is 17.8 Å². The molecule has 5 heteroatoms. The van der Waals surface area contributed by atoms with Crippen LogP contribution in [0.2, 0.25) is 5.82 Å². The van der Waals surface area contributed by atoms with E-state index in [9.17, 15) is 4.79 Å². The fourth-order valence-corrected chi connectivity index (χ4v) is 3.17. The maximum atomic E-state index is 12.1. The summed E-state index contributed by atoms with van der Waals surface area (Å²) in [6.45, 7) is 14.7. The van der Waals surface area contributed by atoms with E-state index in [1.165, 1.54) is 0 Å². The van der Waals surface area contributed by atoms with Gasteiger partial charge in [0, 0.05) is 5.82 Å². The molecular weight excluding hydrogens is 255 g/mol. The van der Waals surface area contributed by atoms with Crippen LogP contribution in [-0.4, -0.2) is 30.9 Å². The average molecular weight is 282 g/mol. The van der Waals surface area contributed by atoms with E-state index in [2.05, 4.69) is 13.8 Å².